The van der Waals surface area contributed by atoms with E-state index >= 15 is 0 Å². The molecule has 1 aromatic carbocycles. The Balaban J connectivity index is 1.86. The molecule has 1 aliphatic heterocycles. The van der Waals surface area contributed by atoms with Gasteiger partial charge in [-0.1, -0.05) is 19.4 Å². The van der Waals surface area contributed by atoms with Crippen LogP contribution in [0.5, 0.6) is 5.75 Å². The monoisotopic (exact) mass is 288 g/mol. The first-order valence-electron chi connectivity index (χ1n) is 7.34. The fourth-order valence-electron chi connectivity index (χ4n) is 2.98. The van der Waals surface area contributed by atoms with Gasteiger partial charge in [-0.25, -0.2) is 0 Å². The van der Waals surface area contributed by atoms with Crippen LogP contribution in [-0.4, -0.2) is 24.3 Å². The van der Waals surface area contributed by atoms with Crippen LogP contribution in [0.1, 0.15) is 42.1 Å². The Morgan fingerprint density at radius 2 is 2.14 bits per heavy atom. The Kier molecular flexibility index (Phi) is 3.45. The molecule has 2 aliphatic rings. The third-order valence-electron chi connectivity index (χ3n) is 4.61. The molecule has 5 nitrogen and oxygen atoms in total. The van der Waals surface area contributed by atoms with Crippen molar-refractivity contribution in [3.8, 4) is 5.75 Å². The summed E-state index contributed by atoms with van der Waals surface area (Å²) >= 11 is 0. The smallest absolute Gasteiger partial charge is 0.248 e. The van der Waals surface area contributed by atoms with Crippen LogP contribution in [0, 0.1) is 5.41 Å². The van der Waals surface area contributed by atoms with Gasteiger partial charge < -0.3 is 15.8 Å². The second-order valence-corrected chi connectivity index (χ2v) is 6.20. The first-order valence-corrected chi connectivity index (χ1v) is 7.34. The Labute approximate surface area is 123 Å². The van der Waals surface area contributed by atoms with Gasteiger partial charge in [0.1, 0.15) is 5.75 Å². The van der Waals surface area contributed by atoms with Gasteiger partial charge in [-0.15, -0.1) is 0 Å². The molecule has 3 rings (SSSR count). The molecule has 0 spiro atoms. The van der Waals surface area contributed by atoms with E-state index in [1.165, 1.54) is 0 Å². The number of carbonyl (C=O) groups excluding carboxylic acids is 2. The molecule has 0 saturated heterocycles. The lowest BCUT2D eigenvalue weighted by Gasteiger charge is -2.38. The summed E-state index contributed by atoms with van der Waals surface area (Å²) in [6.45, 7) is 3.12. The lowest BCUT2D eigenvalue weighted by atomic mass is 9.66. The molecule has 112 valence electrons. The van der Waals surface area contributed by atoms with E-state index in [0.717, 1.165) is 24.8 Å². The predicted octanol–water partition coefficient (Wildman–Crippen LogP) is 1.40. The Morgan fingerprint density at radius 1 is 1.38 bits per heavy atom. The number of benzene rings is 1. The van der Waals surface area contributed by atoms with Crippen LogP contribution in [0.25, 0.3) is 0 Å². The first-order chi connectivity index (χ1) is 9.99. The van der Waals surface area contributed by atoms with E-state index in [9.17, 15) is 9.59 Å². The van der Waals surface area contributed by atoms with E-state index in [1.54, 1.807) is 12.1 Å². The number of hydrogen-bond donors (Lipinski definition) is 2. The maximum absolute atomic E-state index is 12.6. The summed E-state index contributed by atoms with van der Waals surface area (Å²) in [5.74, 6) is 0.239. The van der Waals surface area contributed by atoms with Gasteiger partial charge in [-0.3, -0.25) is 9.59 Å². The highest BCUT2D eigenvalue weighted by Gasteiger charge is 2.43. The number of ketones is 1. The second-order valence-electron chi connectivity index (χ2n) is 6.20. The highest BCUT2D eigenvalue weighted by Crippen LogP contribution is 2.42. The van der Waals surface area contributed by atoms with Crippen LogP contribution in [0.4, 0.5) is 0 Å². The van der Waals surface area contributed by atoms with Gasteiger partial charge in [0.25, 0.3) is 0 Å². The topological polar surface area (TPSA) is 81.4 Å². The van der Waals surface area contributed by atoms with E-state index in [2.05, 4.69) is 5.32 Å². The summed E-state index contributed by atoms with van der Waals surface area (Å²) in [6.07, 6.45) is 2.46. The molecule has 0 bridgehead atoms. The highest BCUT2D eigenvalue weighted by atomic mass is 16.5. The van der Waals surface area contributed by atoms with Crippen LogP contribution < -0.4 is 15.8 Å². The van der Waals surface area contributed by atoms with Gasteiger partial charge in [0.05, 0.1) is 0 Å². The molecule has 1 amide bonds. The normalized spacial score (nSPS) is 23.2. The highest BCUT2D eigenvalue weighted by molar-refractivity contribution is 5.93. The van der Waals surface area contributed by atoms with Gasteiger partial charge in [-0.05, 0) is 25.0 Å². The molecule has 1 unspecified atom stereocenters. The van der Waals surface area contributed by atoms with Crippen molar-refractivity contribution in [2.75, 3.05) is 6.54 Å². The average Bonchev–Trinajstić information content (AvgIpc) is 2.65. The molecular weight excluding hydrogens is 268 g/mol. The molecule has 1 heterocycles. The molecule has 5 heteroatoms. The third-order valence-corrected chi connectivity index (χ3v) is 4.61. The summed E-state index contributed by atoms with van der Waals surface area (Å²) in [6, 6.07) is 5.13. The Bertz CT molecular complexity index is 593. The minimum atomic E-state index is -0.500. The van der Waals surface area contributed by atoms with Gasteiger partial charge in [0, 0.05) is 29.6 Å². The summed E-state index contributed by atoms with van der Waals surface area (Å²) in [5.41, 5.74) is 6.39. The first kappa shape index (κ1) is 14.1. The fraction of sp³-hybridized carbons (Fsp3) is 0.500. The number of ether oxygens (including phenoxy) is 1. The third kappa shape index (κ3) is 2.53. The van der Waals surface area contributed by atoms with Gasteiger partial charge >= 0.3 is 0 Å². The molecule has 1 atom stereocenters. The predicted molar refractivity (Wildman–Crippen MR) is 78.0 cm³/mol. The van der Waals surface area contributed by atoms with Crippen molar-refractivity contribution in [2.45, 2.75) is 38.8 Å². The summed E-state index contributed by atoms with van der Waals surface area (Å²) in [5, 5.41) is 3.24. The second kappa shape index (κ2) is 5.15. The SMILES string of the molecule is CC1(C(=O)C2CNCc3ccc(C(N)=O)cc3O2)CCC1. The van der Waals surface area contributed by atoms with E-state index in [-0.39, 0.29) is 11.2 Å². The molecule has 1 aromatic rings. The minimum absolute atomic E-state index is 0.151. The molecule has 1 saturated carbocycles. The number of nitrogens with two attached hydrogens (primary N) is 1. The summed E-state index contributed by atoms with van der Waals surface area (Å²) in [4.78, 5) is 23.9. The average molecular weight is 288 g/mol. The van der Waals surface area contributed by atoms with Crippen molar-refractivity contribution < 1.29 is 14.3 Å². The molecule has 21 heavy (non-hydrogen) atoms. The lowest BCUT2D eigenvalue weighted by Crippen LogP contribution is -2.47. The maximum atomic E-state index is 12.6. The number of fused-ring (bicyclic) bond motifs is 1. The van der Waals surface area contributed by atoms with Crippen molar-refractivity contribution in [3.05, 3.63) is 29.3 Å². The van der Waals surface area contributed by atoms with Gasteiger partial charge in [-0.2, -0.15) is 0 Å². The lowest BCUT2D eigenvalue weighted by molar-refractivity contribution is -0.139. The Morgan fingerprint density at radius 3 is 2.76 bits per heavy atom. The maximum Gasteiger partial charge on any atom is 0.248 e. The molecule has 1 aliphatic carbocycles. The molecule has 0 radical (unpaired) electrons. The number of amides is 1. The molecule has 3 N–H and O–H groups in total. The van der Waals surface area contributed by atoms with E-state index < -0.39 is 12.0 Å². The number of hydrogen-bond acceptors (Lipinski definition) is 4. The van der Waals surface area contributed by atoms with Crippen LogP contribution in [-0.2, 0) is 11.3 Å². The van der Waals surface area contributed by atoms with Crippen LogP contribution >= 0.6 is 0 Å². The van der Waals surface area contributed by atoms with Crippen molar-refractivity contribution in [2.24, 2.45) is 11.1 Å². The largest absolute Gasteiger partial charge is 0.481 e. The van der Waals surface area contributed by atoms with Crippen LogP contribution in [0.2, 0.25) is 0 Å². The fourth-order valence-corrected chi connectivity index (χ4v) is 2.98. The van der Waals surface area contributed by atoms with E-state index in [1.807, 2.05) is 13.0 Å². The number of Topliss-reactive ketones (excluding diaryl/α,β-unsaturated/α-hetero) is 1. The zero-order valence-corrected chi connectivity index (χ0v) is 12.1. The molecular formula is C16H20N2O3. The van der Waals surface area contributed by atoms with Crippen molar-refractivity contribution in [1.82, 2.24) is 5.32 Å². The van der Waals surface area contributed by atoms with Gasteiger partial charge in [0.15, 0.2) is 11.9 Å². The quantitative estimate of drug-likeness (QED) is 0.880. The minimum Gasteiger partial charge on any atom is -0.481 e. The zero-order chi connectivity index (χ0) is 15.0. The summed E-state index contributed by atoms with van der Waals surface area (Å²) in [7, 11) is 0. The van der Waals surface area contributed by atoms with Crippen molar-refractivity contribution in [1.29, 1.82) is 0 Å². The molecule has 0 aromatic heterocycles. The number of rotatable bonds is 3. The van der Waals surface area contributed by atoms with E-state index in [4.69, 9.17) is 10.5 Å². The Hall–Kier alpha value is -1.88. The zero-order valence-electron chi connectivity index (χ0n) is 12.1. The number of carbonyl (C=O) groups is 2. The number of primary amides is 1. The van der Waals surface area contributed by atoms with Crippen molar-refractivity contribution in [3.63, 3.8) is 0 Å². The molecule has 1 fully saturated rings. The van der Waals surface area contributed by atoms with Crippen LogP contribution in [0.15, 0.2) is 18.2 Å². The standard InChI is InChI=1S/C16H20N2O3/c1-16(5-2-6-16)14(19)13-9-18-8-11-4-3-10(15(17)20)7-12(11)21-13/h3-4,7,13,18H,2,5-6,8-9H2,1H3,(H2,17,20). The van der Waals surface area contributed by atoms with Crippen LogP contribution in [0.3, 0.4) is 0 Å². The van der Waals surface area contributed by atoms with Crippen molar-refractivity contribution >= 4 is 11.7 Å². The number of nitrogens with one attached hydrogen (secondary N) is 1. The summed E-state index contributed by atoms with van der Waals surface area (Å²) < 4.78 is 5.91. The van der Waals surface area contributed by atoms with Gasteiger partial charge in [0.2, 0.25) is 5.91 Å². The van der Waals surface area contributed by atoms with E-state index in [0.29, 0.717) is 24.4 Å².